The van der Waals surface area contributed by atoms with Gasteiger partial charge < -0.3 is 20.1 Å². The number of benzene rings is 1. The number of amides is 1. The maximum atomic E-state index is 12.2. The van der Waals surface area contributed by atoms with E-state index < -0.39 is 0 Å². The lowest BCUT2D eigenvalue weighted by atomic mass is 10.2. The molecule has 0 aliphatic carbocycles. The van der Waals surface area contributed by atoms with Crippen LogP contribution in [-0.2, 0) is 11.3 Å². The van der Waals surface area contributed by atoms with Crippen molar-refractivity contribution in [3.8, 4) is 0 Å². The maximum Gasteiger partial charge on any atom is 0.225 e. The molecule has 1 unspecified atom stereocenters. The summed E-state index contributed by atoms with van der Waals surface area (Å²) in [7, 11) is 0. The number of aromatic nitrogens is 2. The number of likely N-dealkylation sites (tertiary alicyclic amines) is 1. The Bertz CT molecular complexity index is 818. The van der Waals surface area contributed by atoms with Gasteiger partial charge in [0.1, 0.15) is 0 Å². The van der Waals surface area contributed by atoms with Gasteiger partial charge in [0.15, 0.2) is 5.96 Å². The second-order valence-electron chi connectivity index (χ2n) is 7.61. The number of guanidine groups is 1. The van der Waals surface area contributed by atoms with Crippen LogP contribution in [0.1, 0.15) is 33.6 Å². The lowest BCUT2D eigenvalue weighted by Gasteiger charge is -2.20. The van der Waals surface area contributed by atoms with Crippen LogP contribution in [0.5, 0.6) is 0 Å². The Hall–Kier alpha value is -1.84. The van der Waals surface area contributed by atoms with Gasteiger partial charge in [0.2, 0.25) is 5.91 Å². The van der Waals surface area contributed by atoms with E-state index in [1.165, 1.54) is 0 Å². The van der Waals surface area contributed by atoms with Crippen LogP contribution in [0.25, 0.3) is 11.0 Å². The van der Waals surface area contributed by atoms with E-state index >= 15 is 0 Å². The van der Waals surface area contributed by atoms with E-state index in [1.807, 2.05) is 43.3 Å². The number of aryl methyl sites for hydroxylation is 1. The van der Waals surface area contributed by atoms with Crippen LogP contribution >= 0.6 is 24.0 Å². The zero-order valence-corrected chi connectivity index (χ0v) is 19.9. The van der Waals surface area contributed by atoms with E-state index in [0.717, 1.165) is 62.6 Å². The van der Waals surface area contributed by atoms with E-state index in [-0.39, 0.29) is 41.8 Å². The highest BCUT2D eigenvalue weighted by atomic mass is 127. The normalized spacial score (nSPS) is 16.9. The number of carbonyl (C=O) groups excluding carboxylic acids is 1. The van der Waals surface area contributed by atoms with E-state index in [2.05, 4.69) is 33.2 Å². The van der Waals surface area contributed by atoms with E-state index in [0.29, 0.717) is 0 Å². The molecule has 160 valence electrons. The Labute approximate surface area is 190 Å². The average Bonchev–Trinajstić information content (AvgIpc) is 3.32. The summed E-state index contributed by atoms with van der Waals surface area (Å²) < 4.78 is 2.18. The minimum atomic E-state index is 0. The number of hydrogen-bond acceptors (Lipinski definition) is 3. The monoisotopic (exact) mass is 512 g/mol. The molecule has 1 aromatic carbocycles. The van der Waals surface area contributed by atoms with Crippen LogP contribution in [0.3, 0.4) is 0 Å². The molecule has 2 aromatic rings. The third-order valence-electron chi connectivity index (χ3n) is 5.03. The van der Waals surface area contributed by atoms with Crippen molar-refractivity contribution >= 4 is 46.9 Å². The predicted molar refractivity (Wildman–Crippen MR) is 129 cm³/mol. The SMILES string of the molecule is CCNC(=NCCCn1cnc2ccccc21)NC1CCN(C(=O)C(C)C)C1.I. The fraction of sp³-hybridized carbons (Fsp3) is 0.571. The van der Waals surface area contributed by atoms with Crippen LogP contribution < -0.4 is 10.6 Å². The summed E-state index contributed by atoms with van der Waals surface area (Å²) >= 11 is 0. The first kappa shape index (κ1) is 23.4. The van der Waals surface area contributed by atoms with Crippen molar-refractivity contribution in [1.82, 2.24) is 25.1 Å². The molecule has 1 aliphatic rings. The lowest BCUT2D eigenvalue weighted by molar-refractivity contribution is -0.133. The molecule has 1 saturated heterocycles. The number of hydrogen-bond donors (Lipinski definition) is 2. The van der Waals surface area contributed by atoms with Gasteiger partial charge >= 0.3 is 0 Å². The van der Waals surface area contributed by atoms with Crippen molar-refractivity contribution in [1.29, 1.82) is 0 Å². The predicted octanol–water partition coefficient (Wildman–Crippen LogP) is 2.86. The molecule has 1 atom stereocenters. The minimum absolute atomic E-state index is 0. The Balaban J connectivity index is 0.00000300. The summed E-state index contributed by atoms with van der Waals surface area (Å²) in [5.41, 5.74) is 2.19. The molecule has 2 N–H and O–H groups in total. The highest BCUT2D eigenvalue weighted by Crippen LogP contribution is 2.13. The van der Waals surface area contributed by atoms with Gasteiger partial charge in [-0.2, -0.15) is 0 Å². The molecule has 2 heterocycles. The van der Waals surface area contributed by atoms with E-state index in [9.17, 15) is 4.79 Å². The molecular weight excluding hydrogens is 479 g/mol. The second-order valence-corrected chi connectivity index (χ2v) is 7.61. The van der Waals surface area contributed by atoms with Crippen LogP contribution in [-0.4, -0.2) is 58.5 Å². The average molecular weight is 512 g/mol. The molecule has 1 fully saturated rings. The van der Waals surface area contributed by atoms with Crippen molar-refractivity contribution in [3.05, 3.63) is 30.6 Å². The fourth-order valence-electron chi connectivity index (χ4n) is 3.58. The zero-order chi connectivity index (χ0) is 19.9. The first-order chi connectivity index (χ1) is 13.6. The van der Waals surface area contributed by atoms with Gasteiger partial charge in [0, 0.05) is 44.7 Å². The third kappa shape index (κ3) is 6.32. The van der Waals surface area contributed by atoms with Crippen molar-refractivity contribution in [2.75, 3.05) is 26.2 Å². The highest BCUT2D eigenvalue weighted by Gasteiger charge is 2.27. The molecule has 1 aromatic heterocycles. The number of nitrogens with zero attached hydrogens (tertiary/aromatic N) is 4. The Kier molecular flexibility index (Phi) is 9.19. The summed E-state index contributed by atoms with van der Waals surface area (Å²) in [4.78, 5) is 23.3. The lowest BCUT2D eigenvalue weighted by Crippen LogP contribution is -2.45. The standard InChI is InChI=1S/C21H32N6O.HI/c1-4-22-21(25-17-10-13-26(14-17)20(28)16(2)3)23-11-7-12-27-15-24-18-8-5-6-9-19(18)27;/h5-6,8-9,15-17H,4,7,10-14H2,1-3H3,(H2,22,23,25);1H. The van der Waals surface area contributed by atoms with Crippen LogP contribution in [0.2, 0.25) is 0 Å². The van der Waals surface area contributed by atoms with Gasteiger partial charge in [-0.05, 0) is 31.9 Å². The first-order valence-corrected chi connectivity index (χ1v) is 10.3. The number of halogens is 1. The number of rotatable bonds is 7. The molecular formula is C21H33IN6O. The first-order valence-electron chi connectivity index (χ1n) is 10.3. The van der Waals surface area contributed by atoms with Gasteiger partial charge in [0.25, 0.3) is 0 Å². The Morgan fingerprint density at radius 3 is 2.90 bits per heavy atom. The molecule has 1 amide bonds. The molecule has 1 aliphatic heterocycles. The van der Waals surface area contributed by atoms with E-state index in [1.54, 1.807) is 0 Å². The zero-order valence-electron chi connectivity index (χ0n) is 17.6. The van der Waals surface area contributed by atoms with Crippen molar-refractivity contribution in [2.24, 2.45) is 10.9 Å². The highest BCUT2D eigenvalue weighted by molar-refractivity contribution is 14.0. The largest absolute Gasteiger partial charge is 0.357 e. The molecule has 29 heavy (non-hydrogen) atoms. The summed E-state index contributed by atoms with van der Waals surface area (Å²) in [6.07, 6.45) is 3.81. The summed E-state index contributed by atoms with van der Waals surface area (Å²) in [6, 6.07) is 8.45. The van der Waals surface area contributed by atoms with Crippen molar-refractivity contribution < 1.29 is 4.79 Å². The van der Waals surface area contributed by atoms with Crippen LogP contribution in [0.4, 0.5) is 0 Å². The smallest absolute Gasteiger partial charge is 0.225 e. The Morgan fingerprint density at radius 2 is 2.14 bits per heavy atom. The van der Waals surface area contributed by atoms with Crippen molar-refractivity contribution in [2.45, 2.75) is 46.2 Å². The van der Waals surface area contributed by atoms with Crippen LogP contribution in [0, 0.1) is 5.92 Å². The number of carbonyl (C=O) groups is 1. The topological polar surface area (TPSA) is 74.6 Å². The molecule has 0 radical (unpaired) electrons. The molecule has 0 bridgehead atoms. The quantitative estimate of drug-likeness (QED) is 0.259. The maximum absolute atomic E-state index is 12.2. The van der Waals surface area contributed by atoms with E-state index in [4.69, 9.17) is 4.99 Å². The van der Waals surface area contributed by atoms with Gasteiger partial charge in [0.05, 0.1) is 17.4 Å². The summed E-state index contributed by atoms with van der Waals surface area (Å²) in [6.45, 7) is 10.0. The molecule has 8 heteroatoms. The Morgan fingerprint density at radius 1 is 1.34 bits per heavy atom. The van der Waals surface area contributed by atoms with Gasteiger partial charge in [-0.25, -0.2) is 4.98 Å². The number of para-hydroxylation sites is 2. The number of imidazole rings is 1. The number of nitrogens with one attached hydrogen (secondary N) is 2. The third-order valence-corrected chi connectivity index (χ3v) is 5.03. The van der Waals surface area contributed by atoms with Crippen molar-refractivity contribution in [3.63, 3.8) is 0 Å². The molecule has 7 nitrogen and oxygen atoms in total. The summed E-state index contributed by atoms with van der Waals surface area (Å²) in [5.74, 6) is 1.13. The number of aliphatic imine (C=N–C) groups is 1. The molecule has 3 rings (SSSR count). The van der Waals surface area contributed by atoms with Gasteiger partial charge in [-0.15, -0.1) is 24.0 Å². The summed E-state index contributed by atoms with van der Waals surface area (Å²) in [5, 5.41) is 6.81. The fourth-order valence-corrected chi connectivity index (χ4v) is 3.58. The van der Waals surface area contributed by atoms with Crippen LogP contribution in [0.15, 0.2) is 35.6 Å². The second kappa shape index (κ2) is 11.4. The molecule has 0 spiro atoms. The van der Waals surface area contributed by atoms with Gasteiger partial charge in [-0.3, -0.25) is 9.79 Å². The van der Waals surface area contributed by atoms with Gasteiger partial charge in [-0.1, -0.05) is 26.0 Å². The molecule has 0 saturated carbocycles. The minimum Gasteiger partial charge on any atom is -0.357 e. The number of fused-ring (bicyclic) bond motifs is 1.